The zero-order valence-corrected chi connectivity index (χ0v) is 18.5. The Labute approximate surface area is 191 Å². The van der Waals surface area contributed by atoms with Gasteiger partial charge < -0.3 is 10.3 Å². The van der Waals surface area contributed by atoms with Gasteiger partial charge in [-0.2, -0.15) is 0 Å². The predicted molar refractivity (Wildman–Crippen MR) is 125 cm³/mol. The van der Waals surface area contributed by atoms with Crippen molar-refractivity contribution in [2.45, 2.75) is 13.8 Å². The molecule has 3 heterocycles. The third-order valence-electron chi connectivity index (χ3n) is 5.33. The highest BCUT2D eigenvalue weighted by molar-refractivity contribution is 7.12. The Morgan fingerprint density at radius 2 is 1.85 bits per heavy atom. The standard InChI is InChI=1S/C24H18FN5O2S/c1-13-21(17-5-3-4-6-18(17)27-13)22(31)23(32)29-20-11-26-14(2)30(20)24-28-19(12-33-24)15-7-9-16(25)10-8-15/h3-12,27H,1-2H3,(H,29,32). The molecule has 33 heavy (non-hydrogen) atoms. The second kappa shape index (κ2) is 8.10. The number of amides is 1. The fourth-order valence-electron chi connectivity index (χ4n) is 3.75. The number of para-hydroxylation sites is 1. The number of aromatic amines is 1. The van der Waals surface area contributed by atoms with Crippen LogP contribution in [0.1, 0.15) is 21.9 Å². The Morgan fingerprint density at radius 3 is 2.64 bits per heavy atom. The molecule has 164 valence electrons. The number of Topliss-reactive ketones (excluding diaryl/α,β-unsaturated/α-hetero) is 1. The van der Waals surface area contributed by atoms with Crippen molar-refractivity contribution in [3.63, 3.8) is 0 Å². The van der Waals surface area contributed by atoms with Crippen molar-refractivity contribution in [2.24, 2.45) is 0 Å². The van der Waals surface area contributed by atoms with Crippen LogP contribution in [0.2, 0.25) is 0 Å². The van der Waals surface area contributed by atoms with Gasteiger partial charge in [0.1, 0.15) is 17.5 Å². The summed E-state index contributed by atoms with van der Waals surface area (Å²) in [6.45, 7) is 3.54. The van der Waals surface area contributed by atoms with E-state index in [2.05, 4.69) is 20.3 Å². The van der Waals surface area contributed by atoms with E-state index in [4.69, 9.17) is 0 Å². The number of H-pyrrole nitrogens is 1. The van der Waals surface area contributed by atoms with Gasteiger partial charge in [-0.3, -0.25) is 14.2 Å². The number of imidazole rings is 1. The molecule has 0 aliphatic heterocycles. The maximum absolute atomic E-state index is 13.2. The predicted octanol–water partition coefficient (Wildman–Crippen LogP) is 5.05. The summed E-state index contributed by atoms with van der Waals surface area (Å²) in [6.07, 6.45) is 1.49. The average molecular weight is 460 g/mol. The van der Waals surface area contributed by atoms with Crippen molar-refractivity contribution in [1.82, 2.24) is 19.5 Å². The first-order valence-electron chi connectivity index (χ1n) is 10.1. The molecule has 5 aromatic rings. The maximum Gasteiger partial charge on any atom is 0.298 e. The number of fused-ring (bicyclic) bond motifs is 1. The fraction of sp³-hybridized carbons (Fsp3) is 0.0833. The van der Waals surface area contributed by atoms with Crippen LogP contribution in [-0.2, 0) is 4.79 Å². The SMILES string of the molecule is Cc1[nH]c2ccccc2c1C(=O)C(=O)Nc1cnc(C)n1-c1nc(-c2ccc(F)cc2)cs1. The van der Waals surface area contributed by atoms with E-state index in [1.54, 1.807) is 36.6 Å². The number of hydrogen-bond donors (Lipinski definition) is 2. The molecular weight excluding hydrogens is 441 g/mol. The third-order valence-corrected chi connectivity index (χ3v) is 6.16. The molecule has 0 aliphatic rings. The van der Waals surface area contributed by atoms with Crippen molar-refractivity contribution in [1.29, 1.82) is 0 Å². The number of aryl methyl sites for hydroxylation is 2. The van der Waals surface area contributed by atoms with Crippen LogP contribution >= 0.6 is 11.3 Å². The molecule has 2 N–H and O–H groups in total. The molecule has 0 radical (unpaired) electrons. The number of nitrogens with zero attached hydrogens (tertiary/aromatic N) is 3. The highest BCUT2D eigenvalue weighted by Gasteiger charge is 2.24. The largest absolute Gasteiger partial charge is 0.358 e. The number of hydrogen-bond acceptors (Lipinski definition) is 5. The monoisotopic (exact) mass is 459 g/mol. The highest BCUT2D eigenvalue weighted by Crippen LogP contribution is 2.28. The fourth-order valence-corrected chi connectivity index (χ4v) is 4.64. The summed E-state index contributed by atoms with van der Waals surface area (Å²) in [4.78, 5) is 37.9. The molecule has 7 nitrogen and oxygen atoms in total. The minimum Gasteiger partial charge on any atom is -0.358 e. The average Bonchev–Trinajstić information content (AvgIpc) is 3.50. The number of aromatic nitrogens is 4. The summed E-state index contributed by atoms with van der Waals surface area (Å²) in [5.41, 5.74) is 3.21. The van der Waals surface area contributed by atoms with Crippen molar-refractivity contribution in [2.75, 3.05) is 5.32 Å². The molecule has 0 saturated carbocycles. The summed E-state index contributed by atoms with van der Waals surface area (Å²) in [5.74, 6) is -0.787. The topological polar surface area (TPSA) is 92.7 Å². The molecule has 0 unspecified atom stereocenters. The number of ketones is 1. The molecule has 0 bridgehead atoms. The molecule has 0 saturated heterocycles. The number of benzene rings is 2. The van der Waals surface area contributed by atoms with Gasteiger partial charge >= 0.3 is 0 Å². The molecule has 3 aromatic heterocycles. The number of anilines is 1. The number of carbonyl (C=O) groups is 2. The van der Waals surface area contributed by atoms with Crippen molar-refractivity contribution in [3.8, 4) is 16.4 Å². The van der Waals surface area contributed by atoms with E-state index < -0.39 is 11.7 Å². The van der Waals surface area contributed by atoms with Crippen LogP contribution in [0.15, 0.2) is 60.1 Å². The van der Waals surface area contributed by atoms with Gasteiger partial charge in [-0.15, -0.1) is 11.3 Å². The third kappa shape index (κ3) is 3.72. The van der Waals surface area contributed by atoms with E-state index in [1.807, 2.05) is 23.6 Å². The van der Waals surface area contributed by atoms with Crippen molar-refractivity contribution in [3.05, 3.63) is 83.0 Å². The van der Waals surface area contributed by atoms with Gasteiger partial charge in [0.2, 0.25) is 0 Å². The zero-order chi connectivity index (χ0) is 23.1. The number of carbonyl (C=O) groups excluding carboxylic acids is 2. The van der Waals surface area contributed by atoms with E-state index >= 15 is 0 Å². The van der Waals surface area contributed by atoms with E-state index in [0.717, 1.165) is 11.1 Å². The van der Waals surface area contributed by atoms with E-state index in [9.17, 15) is 14.0 Å². The molecule has 0 atom stereocenters. The lowest BCUT2D eigenvalue weighted by Crippen LogP contribution is -2.24. The summed E-state index contributed by atoms with van der Waals surface area (Å²) < 4.78 is 14.9. The Hall–Kier alpha value is -4.11. The van der Waals surface area contributed by atoms with Crippen molar-refractivity contribution >= 4 is 39.7 Å². The summed E-state index contributed by atoms with van der Waals surface area (Å²) in [7, 11) is 0. The Kier molecular flexibility index (Phi) is 5.10. The molecule has 0 aliphatic carbocycles. The molecule has 0 fully saturated rings. The Morgan fingerprint density at radius 1 is 1.09 bits per heavy atom. The van der Waals surface area contributed by atoms with Crippen LogP contribution in [0.4, 0.5) is 10.2 Å². The smallest absolute Gasteiger partial charge is 0.298 e. The van der Waals surface area contributed by atoms with E-state index in [-0.39, 0.29) is 5.82 Å². The lowest BCUT2D eigenvalue weighted by atomic mass is 10.1. The quantitative estimate of drug-likeness (QED) is 0.284. The number of nitrogens with one attached hydrogen (secondary N) is 2. The lowest BCUT2D eigenvalue weighted by Gasteiger charge is -2.08. The summed E-state index contributed by atoms with van der Waals surface area (Å²) >= 11 is 1.35. The molecule has 5 rings (SSSR count). The van der Waals surface area contributed by atoms with Crippen LogP contribution in [0.5, 0.6) is 0 Å². The highest BCUT2D eigenvalue weighted by atomic mass is 32.1. The molecule has 2 aromatic carbocycles. The first kappa shape index (κ1) is 20.8. The van der Waals surface area contributed by atoms with Crippen molar-refractivity contribution < 1.29 is 14.0 Å². The van der Waals surface area contributed by atoms with E-state index in [0.29, 0.717) is 39.1 Å². The van der Waals surface area contributed by atoms with Gasteiger partial charge in [-0.25, -0.2) is 14.4 Å². The van der Waals surface area contributed by atoms with Gasteiger partial charge in [-0.1, -0.05) is 18.2 Å². The molecular formula is C24H18FN5O2S. The number of halogens is 1. The molecule has 0 spiro atoms. The van der Waals surface area contributed by atoms with Gasteiger partial charge in [0, 0.05) is 27.5 Å². The maximum atomic E-state index is 13.2. The first-order chi connectivity index (χ1) is 15.9. The zero-order valence-electron chi connectivity index (χ0n) is 17.7. The minimum atomic E-state index is -0.765. The van der Waals surface area contributed by atoms with E-state index in [1.165, 1.54) is 29.7 Å². The Bertz CT molecular complexity index is 1510. The first-order valence-corrected chi connectivity index (χ1v) is 11.0. The summed E-state index contributed by atoms with van der Waals surface area (Å²) in [5, 5.41) is 5.79. The molecule has 9 heteroatoms. The number of thiazole rings is 1. The van der Waals surface area contributed by atoms with Crippen LogP contribution in [-0.4, -0.2) is 31.2 Å². The van der Waals surface area contributed by atoms with Crippen LogP contribution in [0.3, 0.4) is 0 Å². The lowest BCUT2D eigenvalue weighted by molar-refractivity contribution is -0.112. The van der Waals surface area contributed by atoms with Gasteiger partial charge in [-0.05, 0) is 44.2 Å². The summed E-state index contributed by atoms with van der Waals surface area (Å²) in [6, 6.07) is 13.4. The normalized spacial score (nSPS) is 11.1. The Balaban J connectivity index is 1.44. The minimum absolute atomic E-state index is 0.320. The van der Waals surface area contributed by atoms with Gasteiger partial charge in [0.25, 0.3) is 11.7 Å². The van der Waals surface area contributed by atoms with Crippen LogP contribution in [0.25, 0.3) is 27.3 Å². The van der Waals surface area contributed by atoms with Gasteiger partial charge in [0.15, 0.2) is 5.13 Å². The van der Waals surface area contributed by atoms with Gasteiger partial charge in [0.05, 0.1) is 17.5 Å². The second-order valence-electron chi connectivity index (χ2n) is 7.50. The number of rotatable bonds is 5. The molecule has 1 amide bonds. The van der Waals surface area contributed by atoms with Crippen LogP contribution < -0.4 is 5.32 Å². The van der Waals surface area contributed by atoms with Crippen LogP contribution in [0, 0.1) is 19.7 Å². The second-order valence-corrected chi connectivity index (χ2v) is 8.34.